The lowest BCUT2D eigenvalue weighted by Gasteiger charge is -2.32. The zero-order valence-corrected chi connectivity index (χ0v) is 24.2. The molecule has 11 heteroatoms. The number of ether oxygens (including phenoxy) is 1. The van der Waals surface area contributed by atoms with Gasteiger partial charge in [0, 0.05) is 24.7 Å². The van der Waals surface area contributed by atoms with Crippen molar-refractivity contribution in [1.82, 2.24) is 15.3 Å². The highest BCUT2D eigenvalue weighted by atomic mass is 32.1. The van der Waals surface area contributed by atoms with Crippen molar-refractivity contribution in [3.8, 4) is 0 Å². The van der Waals surface area contributed by atoms with Gasteiger partial charge in [-0.15, -0.1) is 11.3 Å². The molecule has 3 rings (SSSR count). The van der Waals surface area contributed by atoms with Crippen molar-refractivity contribution in [2.24, 2.45) is 5.73 Å². The number of benzene rings is 1. The van der Waals surface area contributed by atoms with Crippen LogP contribution in [0.15, 0.2) is 35.7 Å². The molecule has 2 heterocycles. The highest BCUT2D eigenvalue weighted by Gasteiger charge is 2.25. The summed E-state index contributed by atoms with van der Waals surface area (Å²) in [5, 5.41) is 5.21. The van der Waals surface area contributed by atoms with E-state index in [2.05, 4.69) is 22.8 Å². The van der Waals surface area contributed by atoms with Crippen LogP contribution in [0.4, 0.5) is 16.4 Å². The monoisotopic (exact) mass is 556 g/mol. The third kappa shape index (κ3) is 7.84. The summed E-state index contributed by atoms with van der Waals surface area (Å²) in [6.07, 6.45) is 0.964. The molecular formula is C27H36N6O3S2. The number of rotatable bonds is 5. The molecule has 1 saturated heterocycles. The van der Waals surface area contributed by atoms with E-state index in [-0.39, 0.29) is 16.6 Å². The summed E-state index contributed by atoms with van der Waals surface area (Å²) in [5.41, 5.74) is 14.9. The molecule has 0 radical (unpaired) electrons. The Morgan fingerprint density at radius 1 is 1.18 bits per heavy atom. The van der Waals surface area contributed by atoms with Gasteiger partial charge in [-0.25, -0.2) is 14.8 Å². The van der Waals surface area contributed by atoms with Crippen LogP contribution in [-0.2, 0) is 4.74 Å². The Morgan fingerprint density at radius 2 is 1.84 bits per heavy atom. The second-order valence-electron chi connectivity index (χ2n) is 10.1. The van der Waals surface area contributed by atoms with Crippen LogP contribution in [0.25, 0.3) is 5.57 Å². The molecule has 1 aromatic heterocycles. The molecule has 1 fully saturated rings. The van der Waals surface area contributed by atoms with Crippen LogP contribution in [-0.4, -0.2) is 46.7 Å². The number of hydrogen-bond acceptors (Lipinski definition) is 9. The number of piperidine rings is 1. The first-order valence-corrected chi connectivity index (χ1v) is 13.7. The van der Waals surface area contributed by atoms with Gasteiger partial charge in [-0.3, -0.25) is 4.79 Å². The Hall–Kier alpha value is -3.31. The lowest BCUT2D eigenvalue weighted by Crippen LogP contribution is -2.46. The summed E-state index contributed by atoms with van der Waals surface area (Å²) in [6, 6.07) is 9.50. The fourth-order valence-corrected chi connectivity index (χ4v) is 5.04. The van der Waals surface area contributed by atoms with Crippen molar-refractivity contribution in [3.63, 3.8) is 0 Å². The Bertz CT molecular complexity index is 1280. The minimum atomic E-state index is -0.637. The van der Waals surface area contributed by atoms with Crippen molar-refractivity contribution >= 4 is 53.2 Å². The number of aryl methyl sites for hydroxylation is 2. The number of nitrogens with zero attached hydrogens (tertiary/aromatic N) is 3. The number of anilines is 2. The highest BCUT2D eigenvalue weighted by molar-refractivity contribution is 7.83. The molecule has 204 valence electrons. The minimum Gasteiger partial charge on any atom is -0.444 e. The first-order valence-electron chi connectivity index (χ1n) is 12.4. The van der Waals surface area contributed by atoms with E-state index in [1.54, 1.807) is 18.4 Å². The number of nitrogens with one attached hydrogen (secondary N) is 1. The average Bonchev–Trinajstić information content (AvgIpc) is 2.88. The second kappa shape index (κ2) is 12.5. The molecule has 5 N–H and O–H groups in total. The van der Waals surface area contributed by atoms with E-state index < -0.39 is 17.6 Å². The van der Waals surface area contributed by atoms with Crippen molar-refractivity contribution < 1.29 is 14.3 Å². The molecule has 2 amide bonds. The molecule has 2 aromatic rings. The van der Waals surface area contributed by atoms with E-state index in [4.69, 9.17) is 26.2 Å². The van der Waals surface area contributed by atoms with Crippen LogP contribution >= 0.6 is 24.0 Å². The molecule has 0 bridgehead atoms. The van der Waals surface area contributed by atoms with Gasteiger partial charge in [0.15, 0.2) is 0 Å². The maximum Gasteiger partial charge on any atom is 0.407 e. The number of thiol groups is 1. The Kier molecular flexibility index (Phi) is 9.61. The summed E-state index contributed by atoms with van der Waals surface area (Å²) < 4.78 is 5.40. The van der Waals surface area contributed by atoms with Crippen molar-refractivity contribution in [2.45, 2.75) is 59.1 Å². The van der Waals surface area contributed by atoms with Gasteiger partial charge >= 0.3 is 6.09 Å². The van der Waals surface area contributed by atoms with E-state index in [1.807, 2.05) is 52.0 Å². The number of carbonyl (C=O) groups excluding carboxylic acids is 2. The Morgan fingerprint density at radius 3 is 2.42 bits per heavy atom. The number of aromatic nitrogens is 2. The fraction of sp³-hybridized carbons (Fsp3) is 0.407. The third-order valence-corrected chi connectivity index (χ3v) is 7.13. The SMILES string of the molecule is Cc1nc(N2CCC(NC(=O)OC(C)(C)C)CC2)nc(/C(=C/S)c2ccccc2C)cc(N)c(C(N)=O)s1. The summed E-state index contributed by atoms with van der Waals surface area (Å²) in [5.74, 6) is -0.154. The minimum absolute atomic E-state index is 0.0221. The zero-order chi connectivity index (χ0) is 28.0. The Balaban J connectivity index is 2.03. The van der Waals surface area contributed by atoms with Gasteiger partial charge in [0.05, 0.1) is 16.4 Å². The predicted molar refractivity (Wildman–Crippen MR) is 157 cm³/mol. The third-order valence-electron chi connectivity index (χ3n) is 5.84. The lowest BCUT2D eigenvalue weighted by atomic mass is 9.99. The smallest absolute Gasteiger partial charge is 0.407 e. The van der Waals surface area contributed by atoms with Crippen LogP contribution in [0.3, 0.4) is 0 Å². The van der Waals surface area contributed by atoms with Gasteiger partial charge < -0.3 is 26.4 Å². The molecule has 0 saturated carbocycles. The second-order valence-corrected chi connectivity index (χ2v) is 11.5. The topological polar surface area (TPSA) is 136 Å². The van der Waals surface area contributed by atoms with Crippen molar-refractivity contribution in [3.05, 3.63) is 62.4 Å². The largest absolute Gasteiger partial charge is 0.444 e. The van der Waals surface area contributed by atoms with E-state index in [0.29, 0.717) is 42.6 Å². The molecule has 9 nitrogen and oxygen atoms in total. The van der Waals surface area contributed by atoms with Crippen LogP contribution < -0.4 is 21.7 Å². The van der Waals surface area contributed by atoms with Crippen molar-refractivity contribution in [1.29, 1.82) is 0 Å². The van der Waals surface area contributed by atoms with Crippen LogP contribution in [0.5, 0.6) is 0 Å². The van der Waals surface area contributed by atoms with Gasteiger partial charge in [0.2, 0.25) is 5.95 Å². The van der Waals surface area contributed by atoms with Gasteiger partial charge in [0.1, 0.15) is 10.5 Å². The molecule has 0 unspecified atom stereocenters. The van der Waals surface area contributed by atoms with E-state index >= 15 is 0 Å². The maximum absolute atomic E-state index is 12.2. The number of nitrogen functional groups attached to an aromatic ring is 1. The number of primary amides is 1. The molecule has 38 heavy (non-hydrogen) atoms. The summed E-state index contributed by atoms with van der Waals surface area (Å²) in [6.45, 7) is 10.5. The molecule has 0 spiro atoms. The van der Waals surface area contributed by atoms with Gasteiger partial charge in [-0.2, -0.15) is 12.6 Å². The van der Waals surface area contributed by atoms with Crippen LogP contribution in [0.2, 0.25) is 0 Å². The van der Waals surface area contributed by atoms with Crippen LogP contribution in [0, 0.1) is 13.8 Å². The maximum atomic E-state index is 12.2. The van der Waals surface area contributed by atoms with Crippen molar-refractivity contribution in [2.75, 3.05) is 23.7 Å². The Labute approximate surface area is 233 Å². The summed E-state index contributed by atoms with van der Waals surface area (Å²) in [4.78, 5) is 36.4. The average molecular weight is 557 g/mol. The number of nitrogens with two attached hydrogens (primary N) is 2. The predicted octanol–water partition coefficient (Wildman–Crippen LogP) is 4.77. The highest BCUT2D eigenvalue weighted by Crippen LogP contribution is 2.29. The summed E-state index contributed by atoms with van der Waals surface area (Å²) in [7, 11) is 0. The van der Waals surface area contributed by atoms with Gasteiger partial charge in [-0.05, 0) is 70.1 Å². The van der Waals surface area contributed by atoms with E-state index in [9.17, 15) is 9.59 Å². The van der Waals surface area contributed by atoms with Gasteiger partial charge in [-0.1, -0.05) is 24.3 Å². The molecule has 0 atom stereocenters. The lowest BCUT2D eigenvalue weighted by molar-refractivity contribution is 0.0497. The first kappa shape index (κ1) is 29.2. The van der Waals surface area contributed by atoms with E-state index in [1.165, 1.54) is 0 Å². The van der Waals surface area contributed by atoms with Crippen LogP contribution in [0.1, 0.15) is 65.1 Å². The number of amides is 2. The molecule has 1 aromatic carbocycles. The number of carbonyl (C=O) groups is 2. The molecule has 1 aliphatic rings. The van der Waals surface area contributed by atoms with Gasteiger partial charge in [0.25, 0.3) is 5.91 Å². The molecular weight excluding hydrogens is 520 g/mol. The standard InChI is InChI=1S/C27H36N6O3S2/c1-16-8-6-7-9-19(16)20(15-37)22-14-21(28)23(24(29)34)38-17(2)30-25(32-22)33-12-10-18(11-13-33)31-26(35)36-27(3,4)5/h6-9,14-15,18,37H,10-13,28H2,1-5H3,(H2,29,34)(H,31,35)/b20-15+,22-14?,23-21?,30-17?,32-25?. The molecule has 0 aliphatic carbocycles. The fourth-order valence-electron chi connectivity index (χ4n) is 4.07. The molecule has 1 aliphatic heterocycles. The summed E-state index contributed by atoms with van der Waals surface area (Å²) >= 11 is 5.60. The number of hydrogen-bond donors (Lipinski definition) is 4. The normalized spacial score (nSPS) is 14.6. The number of alkyl carbamates (subject to hydrolysis) is 1. The zero-order valence-electron chi connectivity index (χ0n) is 22.4. The quantitative estimate of drug-likeness (QED) is 0.389. The van der Waals surface area contributed by atoms with E-state index in [0.717, 1.165) is 28.0 Å². The first-order chi connectivity index (χ1) is 17.9.